The second kappa shape index (κ2) is 6.26. The van der Waals surface area contributed by atoms with Gasteiger partial charge in [-0.25, -0.2) is 4.98 Å². The smallest absolute Gasteiger partial charge is 0.230 e. The molecule has 0 fully saturated rings. The van der Waals surface area contributed by atoms with Crippen molar-refractivity contribution in [1.82, 2.24) is 15.1 Å². The van der Waals surface area contributed by atoms with Crippen molar-refractivity contribution in [3.63, 3.8) is 0 Å². The standard InChI is InChI=1S/C16H17N5O/c1-11-8-14(17-10-13-6-4-3-5-7-13)19-16(18-11)20-15-9-12(2)22-21-15/h3-9H,10H2,1-2H3,(H2,17,18,19,20,21). The number of hydrogen-bond donors (Lipinski definition) is 2. The van der Waals surface area contributed by atoms with Crippen LogP contribution in [-0.4, -0.2) is 15.1 Å². The van der Waals surface area contributed by atoms with Crippen LogP contribution in [0, 0.1) is 13.8 Å². The van der Waals surface area contributed by atoms with Gasteiger partial charge in [0.05, 0.1) is 0 Å². The van der Waals surface area contributed by atoms with Crippen LogP contribution in [0.25, 0.3) is 0 Å². The zero-order valence-electron chi connectivity index (χ0n) is 12.5. The largest absolute Gasteiger partial charge is 0.366 e. The summed E-state index contributed by atoms with van der Waals surface area (Å²) in [7, 11) is 0. The van der Waals surface area contributed by atoms with Crippen LogP contribution in [-0.2, 0) is 6.54 Å². The Morgan fingerprint density at radius 1 is 1.00 bits per heavy atom. The highest BCUT2D eigenvalue weighted by Crippen LogP contribution is 2.16. The van der Waals surface area contributed by atoms with E-state index in [1.165, 1.54) is 5.56 Å². The molecule has 6 heteroatoms. The Hall–Kier alpha value is -2.89. The fourth-order valence-corrected chi connectivity index (χ4v) is 2.04. The summed E-state index contributed by atoms with van der Waals surface area (Å²) in [5.74, 6) is 2.58. The highest BCUT2D eigenvalue weighted by molar-refractivity contribution is 5.51. The van der Waals surface area contributed by atoms with E-state index in [2.05, 4.69) is 37.9 Å². The third kappa shape index (κ3) is 3.60. The average Bonchev–Trinajstić information content (AvgIpc) is 2.91. The van der Waals surface area contributed by atoms with Crippen LogP contribution in [0.4, 0.5) is 17.6 Å². The van der Waals surface area contributed by atoms with Crippen molar-refractivity contribution in [2.75, 3.05) is 10.6 Å². The van der Waals surface area contributed by atoms with Crippen LogP contribution in [0.1, 0.15) is 17.0 Å². The molecule has 6 nitrogen and oxygen atoms in total. The lowest BCUT2D eigenvalue weighted by Gasteiger charge is -2.08. The van der Waals surface area contributed by atoms with E-state index in [0.717, 1.165) is 17.3 Å². The molecule has 0 amide bonds. The molecule has 0 aliphatic rings. The highest BCUT2D eigenvalue weighted by Gasteiger charge is 2.05. The highest BCUT2D eigenvalue weighted by atomic mass is 16.5. The third-order valence-corrected chi connectivity index (χ3v) is 3.04. The first-order valence-corrected chi connectivity index (χ1v) is 7.03. The third-order valence-electron chi connectivity index (χ3n) is 3.04. The zero-order chi connectivity index (χ0) is 15.4. The van der Waals surface area contributed by atoms with Gasteiger partial charge in [0, 0.05) is 24.4 Å². The number of nitrogens with one attached hydrogen (secondary N) is 2. The van der Waals surface area contributed by atoms with Gasteiger partial charge in [-0.1, -0.05) is 35.5 Å². The lowest BCUT2D eigenvalue weighted by molar-refractivity contribution is 0.400. The van der Waals surface area contributed by atoms with Gasteiger partial charge in [-0.2, -0.15) is 4.98 Å². The van der Waals surface area contributed by atoms with Crippen molar-refractivity contribution in [2.24, 2.45) is 0 Å². The number of rotatable bonds is 5. The molecule has 1 aromatic carbocycles. The van der Waals surface area contributed by atoms with Gasteiger partial charge in [0.25, 0.3) is 0 Å². The Morgan fingerprint density at radius 2 is 1.82 bits per heavy atom. The van der Waals surface area contributed by atoms with Gasteiger partial charge in [0.2, 0.25) is 5.95 Å². The summed E-state index contributed by atoms with van der Waals surface area (Å²) in [6.45, 7) is 4.47. The normalized spacial score (nSPS) is 10.5. The van der Waals surface area contributed by atoms with Gasteiger partial charge in [0.1, 0.15) is 11.6 Å². The van der Waals surface area contributed by atoms with Crippen molar-refractivity contribution < 1.29 is 4.52 Å². The first kappa shape index (κ1) is 14.1. The van der Waals surface area contributed by atoms with Gasteiger partial charge < -0.3 is 15.2 Å². The molecular weight excluding hydrogens is 278 g/mol. The van der Waals surface area contributed by atoms with E-state index in [9.17, 15) is 0 Å². The number of hydrogen-bond acceptors (Lipinski definition) is 6. The Labute approximate surface area is 128 Å². The Morgan fingerprint density at radius 3 is 2.55 bits per heavy atom. The quantitative estimate of drug-likeness (QED) is 0.751. The van der Waals surface area contributed by atoms with Crippen LogP contribution >= 0.6 is 0 Å². The molecule has 0 unspecified atom stereocenters. The predicted octanol–water partition coefficient (Wildman–Crippen LogP) is 3.44. The SMILES string of the molecule is Cc1cc(NCc2ccccc2)nc(Nc2cc(C)on2)n1. The molecule has 112 valence electrons. The van der Waals surface area contributed by atoms with Crippen molar-refractivity contribution in [2.45, 2.75) is 20.4 Å². The van der Waals surface area contributed by atoms with E-state index < -0.39 is 0 Å². The molecule has 0 radical (unpaired) electrons. The van der Waals surface area contributed by atoms with Crippen LogP contribution in [0.3, 0.4) is 0 Å². The van der Waals surface area contributed by atoms with Gasteiger partial charge in [0.15, 0.2) is 5.82 Å². The number of benzene rings is 1. The van der Waals surface area contributed by atoms with E-state index in [-0.39, 0.29) is 0 Å². The number of aryl methyl sites for hydroxylation is 2. The zero-order valence-corrected chi connectivity index (χ0v) is 12.5. The first-order chi connectivity index (χ1) is 10.7. The molecule has 3 rings (SSSR count). The first-order valence-electron chi connectivity index (χ1n) is 7.03. The van der Waals surface area contributed by atoms with Crippen molar-refractivity contribution in [1.29, 1.82) is 0 Å². The maximum absolute atomic E-state index is 5.02. The fraction of sp³-hybridized carbons (Fsp3) is 0.188. The molecule has 3 aromatic rings. The van der Waals surface area contributed by atoms with Gasteiger partial charge in [-0.05, 0) is 19.4 Å². The summed E-state index contributed by atoms with van der Waals surface area (Å²) in [6.07, 6.45) is 0. The van der Waals surface area contributed by atoms with Crippen LogP contribution in [0.15, 0.2) is 47.0 Å². The van der Waals surface area contributed by atoms with Gasteiger partial charge in [-0.15, -0.1) is 0 Å². The molecule has 2 heterocycles. The number of aromatic nitrogens is 3. The Bertz CT molecular complexity index is 754. The van der Waals surface area contributed by atoms with Gasteiger partial charge >= 0.3 is 0 Å². The number of anilines is 3. The summed E-state index contributed by atoms with van der Waals surface area (Å²) in [5.41, 5.74) is 2.06. The van der Waals surface area contributed by atoms with Crippen LogP contribution in [0.5, 0.6) is 0 Å². The minimum atomic E-state index is 0.490. The van der Waals surface area contributed by atoms with E-state index in [0.29, 0.717) is 18.3 Å². The van der Waals surface area contributed by atoms with Crippen LogP contribution < -0.4 is 10.6 Å². The number of nitrogens with zero attached hydrogens (tertiary/aromatic N) is 3. The molecule has 22 heavy (non-hydrogen) atoms. The molecule has 0 atom stereocenters. The minimum absolute atomic E-state index is 0.490. The molecule has 2 aromatic heterocycles. The van der Waals surface area contributed by atoms with Crippen LogP contribution in [0.2, 0.25) is 0 Å². The molecule has 0 spiro atoms. The molecule has 2 N–H and O–H groups in total. The maximum atomic E-state index is 5.02. The Balaban J connectivity index is 1.72. The molecule has 0 bridgehead atoms. The van der Waals surface area contributed by atoms with Crippen molar-refractivity contribution in [3.05, 3.63) is 59.5 Å². The average molecular weight is 295 g/mol. The summed E-state index contributed by atoms with van der Waals surface area (Å²) in [4.78, 5) is 8.79. The Kier molecular flexibility index (Phi) is 4.00. The van der Waals surface area contributed by atoms with E-state index in [1.807, 2.05) is 38.1 Å². The molecule has 0 saturated carbocycles. The summed E-state index contributed by atoms with van der Waals surface area (Å²) in [5, 5.41) is 10.2. The molecule has 0 aliphatic carbocycles. The maximum Gasteiger partial charge on any atom is 0.230 e. The summed E-state index contributed by atoms with van der Waals surface area (Å²) >= 11 is 0. The van der Waals surface area contributed by atoms with Crippen molar-refractivity contribution in [3.8, 4) is 0 Å². The van der Waals surface area contributed by atoms with E-state index >= 15 is 0 Å². The second-order valence-corrected chi connectivity index (χ2v) is 5.01. The van der Waals surface area contributed by atoms with Crippen molar-refractivity contribution >= 4 is 17.6 Å². The van der Waals surface area contributed by atoms with E-state index in [4.69, 9.17) is 4.52 Å². The second-order valence-electron chi connectivity index (χ2n) is 5.01. The topological polar surface area (TPSA) is 75.9 Å². The fourth-order valence-electron chi connectivity index (χ4n) is 2.04. The predicted molar refractivity (Wildman–Crippen MR) is 85.1 cm³/mol. The summed E-state index contributed by atoms with van der Waals surface area (Å²) < 4.78 is 5.02. The molecule has 0 saturated heterocycles. The lowest BCUT2D eigenvalue weighted by Crippen LogP contribution is -2.05. The molecular formula is C16H17N5O. The monoisotopic (exact) mass is 295 g/mol. The van der Waals surface area contributed by atoms with Gasteiger partial charge in [-0.3, -0.25) is 0 Å². The lowest BCUT2D eigenvalue weighted by atomic mass is 10.2. The molecule has 0 aliphatic heterocycles. The summed E-state index contributed by atoms with van der Waals surface area (Å²) in [6, 6.07) is 13.9. The van der Waals surface area contributed by atoms with E-state index in [1.54, 1.807) is 6.07 Å². The minimum Gasteiger partial charge on any atom is -0.366 e.